The van der Waals surface area contributed by atoms with Crippen LogP contribution in [0.4, 0.5) is 0 Å². The second-order valence-corrected chi connectivity index (χ2v) is 1.40. The van der Waals surface area contributed by atoms with E-state index in [1.54, 1.807) is 0 Å². The maximum absolute atomic E-state index is 9.86. The first kappa shape index (κ1) is 4.96. The Bertz CT molecular complexity index is 171. The summed E-state index contributed by atoms with van der Waals surface area (Å²) in [5.41, 5.74) is 0.171. The van der Waals surface area contributed by atoms with Crippen molar-refractivity contribution in [2.45, 2.75) is 0 Å². The number of allylic oxidation sites excluding steroid dienone is 1. The highest BCUT2D eigenvalue weighted by atomic mass is 16.6. The summed E-state index contributed by atoms with van der Waals surface area (Å²) in [5, 5.41) is 9.86. The SMILES string of the molecule is O=[N+]([O-])C1=CC=NC1. The van der Waals surface area contributed by atoms with Crippen molar-refractivity contribution >= 4 is 6.21 Å². The fraction of sp³-hybridized carbons (Fsp3) is 0.250. The minimum absolute atomic E-state index is 0.171. The van der Waals surface area contributed by atoms with Crippen molar-refractivity contribution in [3.63, 3.8) is 0 Å². The summed E-state index contributed by atoms with van der Waals surface area (Å²) >= 11 is 0. The van der Waals surface area contributed by atoms with Gasteiger partial charge in [0.05, 0.1) is 4.92 Å². The number of hydrogen-bond acceptors (Lipinski definition) is 3. The van der Waals surface area contributed by atoms with Crippen molar-refractivity contribution in [1.82, 2.24) is 0 Å². The van der Waals surface area contributed by atoms with Gasteiger partial charge in [-0.2, -0.15) is 0 Å². The molecule has 1 aliphatic heterocycles. The van der Waals surface area contributed by atoms with E-state index in [2.05, 4.69) is 4.99 Å². The molecule has 42 valence electrons. The van der Waals surface area contributed by atoms with Gasteiger partial charge in [0.1, 0.15) is 6.54 Å². The van der Waals surface area contributed by atoms with Crippen molar-refractivity contribution < 1.29 is 4.92 Å². The van der Waals surface area contributed by atoms with Crippen LogP contribution >= 0.6 is 0 Å². The third-order valence-corrected chi connectivity index (χ3v) is 0.860. The van der Waals surface area contributed by atoms with Crippen LogP contribution in [0.5, 0.6) is 0 Å². The summed E-state index contributed by atoms with van der Waals surface area (Å²) in [6.07, 6.45) is 2.85. The predicted molar refractivity (Wildman–Crippen MR) is 28.4 cm³/mol. The van der Waals surface area contributed by atoms with Gasteiger partial charge in [-0.15, -0.1) is 0 Å². The van der Waals surface area contributed by atoms with Gasteiger partial charge in [0.2, 0.25) is 0 Å². The van der Waals surface area contributed by atoms with Gasteiger partial charge in [0, 0.05) is 12.3 Å². The normalized spacial score (nSPS) is 16.2. The molecule has 0 spiro atoms. The summed E-state index contributed by atoms with van der Waals surface area (Å²) in [6, 6.07) is 0. The molecule has 0 radical (unpaired) electrons. The average molecular weight is 112 g/mol. The molecule has 0 fully saturated rings. The highest BCUT2D eigenvalue weighted by Gasteiger charge is 2.10. The van der Waals surface area contributed by atoms with Gasteiger partial charge in [-0.05, 0) is 0 Å². The molecule has 0 aromatic heterocycles. The van der Waals surface area contributed by atoms with Gasteiger partial charge in [-0.25, -0.2) is 0 Å². The Morgan fingerprint density at radius 3 is 2.88 bits per heavy atom. The van der Waals surface area contributed by atoms with Crippen molar-refractivity contribution in [3.05, 3.63) is 21.9 Å². The van der Waals surface area contributed by atoms with E-state index >= 15 is 0 Å². The highest BCUT2D eigenvalue weighted by Crippen LogP contribution is 1.99. The minimum Gasteiger partial charge on any atom is -0.282 e. The average Bonchev–Trinajstić information content (AvgIpc) is 2.12. The third-order valence-electron chi connectivity index (χ3n) is 0.860. The lowest BCUT2D eigenvalue weighted by Gasteiger charge is -1.83. The van der Waals surface area contributed by atoms with Crippen LogP contribution in [-0.2, 0) is 0 Å². The van der Waals surface area contributed by atoms with E-state index in [4.69, 9.17) is 0 Å². The lowest BCUT2D eigenvalue weighted by Crippen LogP contribution is -1.97. The Morgan fingerprint density at radius 1 is 1.88 bits per heavy atom. The van der Waals surface area contributed by atoms with Crippen LogP contribution in [0.1, 0.15) is 0 Å². The van der Waals surface area contributed by atoms with Gasteiger partial charge in [-0.3, -0.25) is 15.1 Å². The fourth-order valence-electron chi connectivity index (χ4n) is 0.456. The molecule has 0 amide bonds. The van der Waals surface area contributed by atoms with Gasteiger partial charge >= 0.3 is 0 Å². The summed E-state index contributed by atoms with van der Waals surface area (Å²) in [6.45, 7) is 0.229. The van der Waals surface area contributed by atoms with E-state index in [0.29, 0.717) is 0 Å². The van der Waals surface area contributed by atoms with Crippen LogP contribution < -0.4 is 0 Å². The molecule has 0 aromatic rings. The Morgan fingerprint density at radius 2 is 2.62 bits per heavy atom. The third kappa shape index (κ3) is 0.726. The monoisotopic (exact) mass is 112 g/mol. The van der Waals surface area contributed by atoms with E-state index in [1.807, 2.05) is 0 Å². The lowest BCUT2D eigenvalue weighted by atomic mass is 10.5. The van der Waals surface area contributed by atoms with Gasteiger partial charge in [-0.1, -0.05) is 0 Å². The molecule has 0 bridgehead atoms. The quantitative estimate of drug-likeness (QED) is 0.360. The Balaban J connectivity index is 2.64. The van der Waals surface area contributed by atoms with Gasteiger partial charge in [0.15, 0.2) is 0 Å². The zero-order chi connectivity index (χ0) is 5.98. The Kier molecular flexibility index (Phi) is 1.07. The standard InChI is InChI=1S/C4H4N2O2/c7-6(8)4-1-2-5-3-4/h1-2H,3H2. The van der Waals surface area contributed by atoms with Crippen LogP contribution in [0, 0.1) is 10.1 Å². The summed E-state index contributed by atoms with van der Waals surface area (Å²) < 4.78 is 0. The second-order valence-electron chi connectivity index (χ2n) is 1.40. The van der Waals surface area contributed by atoms with Crippen molar-refractivity contribution in [3.8, 4) is 0 Å². The largest absolute Gasteiger partial charge is 0.282 e. The molecular weight excluding hydrogens is 108 g/mol. The maximum atomic E-state index is 9.86. The lowest BCUT2D eigenvalue weighted by molar-refractivity contribution is -0.424. The van der Waals surface area contributed by atoms with Crippen molar-refractivity contribution in [1.29, 1.82) is 0 Å². The minimum atomic E-state index is -0.424. The molecule has 1 heterocycles. The molecule has 0 saturated heterocycles. The molecule has 0 atom stereocenters. The van der Waals surface area contributed by atoms with Crippen molar-refractivity contribution in [2.24, 2.45) is 4.99 Å². The first-order chi connectivity index (χ1) is 3.80. The molecule has 1 aliphatic rings. The number of hydrogen-bond donors (Lipinski definition) is 0. The summed E-state index contributed by atoms with van der Waals surface area (Å²) in [7, 11) is 0. The number of rotatable bonds is 1. The Labute approximate surface area is 45.7 Å². The van der Waals surface area contributed by atoms with Crippen LogP contribution in [0.3, 0.4) is 0 Å². The molecule has 0 N–H and O–H groups in total. The second kappa shape index (κ2) is 1.73. The predicted octanol–water partition coefficient (Wildman–Crippen LogP) is 0.231. The van der Waals surface area contributed by atoms with Gasteiger partial charge < -0.3 is 0 Å². The van der Waals surface area contributed by atoms with Crippen molar-refractivity contribution in [2.75, 3.05) is 6.54 Å². The molecule has 4 heteroatoms. The van der Waals surface area contributed by atoms with E-state index in [1.165, 1.54) is 12.3 Å². The molecule has 0 unspecified atom stereocenters. The molecular formula is C4H4N2O2. The molecule has 4 nitrogen and oxygen atoms in total. The highest BCUT2D eigenvalue weighted by molar-refractivity contribution is 5.74. The van der Waals surface area contributed by atoms with E-state index in [-0.39, 0.29) is 12.2 Å². The van der Waals surface area contributed by atoms with Crippen LogP contribution in [0.2, 0.25) is 0 Å². The number of nitro groups is 1. The molecule has 8 heavy (non-hydrogen) atoms. The van der Waals surface area contributed by atoms with E-state index in [0.717, 1.165) is 0 Å². The number of nitrogens with zero attached hydrogens (tertiary/aromatic N) is 2. The fourth-order valence-corrected chi connectivity index (χ4v) is 0.456. The zero-order valence-electron chi connectivity index (χ0n) is 4.07. The zero-order valence-corrected chi connectivity index (χ0v) is 4.07. The van der Waals surface area contributed by atoms with E-state index in [9.17, 15) is 10.1 Å². The molecule has 1 rings (SSSR count). The summed E-state index contributed by atoms with van der Waals surface area (Å²) in [4.78, 5) is 13.1. The first-order valence-electron chi connectivity index (χ1n) is 2.14. The van der Waals surface area contributed by atoms with Crippen LogP contribution in [-0.4, -0.2) is 17.7 Å². The Hall–Kier alpha value is -1.19. The molecule has 0 saturated carbocycles. The number of aliphatic imine (C=N–C) groups is 1. The van der Waals surface area contributed by atoms with Gasteiger partial charge in [0.25, 0.3) is 5.70 Å². The summed E-state index contributed by atoms with van der Waals surface area (Å²) in [5.74, 6) is 0. The van der Waals surface area contributed by atoms with Crippen LogP contribution in [0.15, 0.2) is 16.8 Å². The molecule has 0 aromatic carbocycles. The molecule has 0 aliphatic carbocycles. The smallest absolute Gasteiger partial charge is 0.268 e. The first-order valence-corrected chi connectivity index (χ1v) is 2.14. The topological polar surface area (TPSA) is 55.5 Å². The van der Waals surface area contributed by atoms with Crippen LogP contribution in [0.25, 0.3) is 0 Å². The van der Waals surface area contributed by atoms with E-state index < -0.39 is 4.92 Å². The maximum Gasteiger partial charge on any atom is 0.268 e.